The number of carbonyl (C=O) groups excluding carboxylic acids is 1. The summed E-state index contributed by atoms with van der Waals surface area (Å²) in [7, 11) is 0. The van der Waals surface area contributed by atoms with Crippen molar-refractivity contribution in [2.45, 2.75) is 38.3 Å². The maximum absolute atomic E-state index is 12.8. The largest absolute Gasteiger partial charge is 0.433 e. The number of aromatic nitrogens is 4. The molecular formula is C17H21F3N6O. The molecule has 146 valence electrons. The van der Waals surface area contributed by atoms with Gasteiger partial charge in [-0.15, -0.1) is 0 Å². The smallest absolute Gasteiger partial charge is 0.348 e. The molecule has 0 aliphatic carbocycles. The van der Waals surface area contributed by atoms with Crippen LogP contribution in [0.1, 0.15) is 41.8 Å². The van der Waals surface area contributed by atoms with Gasteiger partial charge in [-0.3, -0.25) is 0 Å². The molecule has 2 N–H and O–H groups in total. The van der Waals surface area contributed by atoms with Crippen molar-refractivity contribution in [1.82, 2.24) is 30.2 Å². The lowest BCUT2D eigenvalue weighted by atomic mass is 9.98. The highest BCUT2D eigenvalue weighted by Gasteiger charge is 2.33. The number of amides is 2. The molecule has 0 unspecified atom stereocenters. The van der Waals surface area contributed by atoms with E-state index in [1.54, 1.807) is 17.3 Å². The van der Waals surface area contributed by atoms with Gasteiger partial charge in [-0.1, -0.05) is 0 Å². The molecule has 1 atom stereocenters. The fraction of sp³-hybridized carbons (Fsp3) is 0.529. The van der Waals surface area contributed by atoms with E-state index in [9.17, 15) is 18.0 Å². The first-order chi connectivity index (χ1) is 12.8. The lowest BCUT2D eigenvalue weighted by Crippen LogP contribution is -2.45. The normalized spacial score (nSPS) is 17.8. The SMILES string of the molecule is Cc1cc(C(F)(F)F)nc(CCNC(=O)N2CCC[C@@H](c3ncc[nH]3)C2)n1. The molecule has 1 saturated heterocycles. The lowest BCUT2D eigenvalue weighted by molar-refractivity contribution is -0.141. The second-order valence-electron chi connectivity index (χ2n) is 6.55. The van der Waals surface area contributed by atoms with E-state index >= 15 is 0 Å². The van der Waals surface area contributed by atoms with Gasteiger partial charge in [0, 0.05) is 50.1 Å². The topological polar surface area (TPSA) is 86.8 Å². The fourth-order valence-corrected chi connectivity index (χ4v) is 3.17. The number of hydrogen-bond acceptors (Lipinski definition) is 4. The van der Waals surface area contributed by atoms with Crippen molar-refractivity contribution in [3.8, 4) is 0 Å². The Morgan fingerprint density at radius 1 is 1.41 bits per heavy atom. The first kappa shape index (κ1) is 19.1. The molecule has 0 radical (unpaired) electrons. The molecule has 27 heavy (non-hydrogen) atoms. The number of H-pyrrole nitrogens is 1. The van der Waals surface area contributed by atoms with Crippen molar-refractivity contribution in [2.24, 2.45) is 0 Å². The van der Waals surface area contributed by atoms with Gasteiger partial charge < -0.3 is 15.2 Å². The predicted molar refractivity (Wildman–Crippen MR) is 91.0 cm³/mol. The second-order valence-corrected chi connectivity index (χ2v) is 6.55. The standard InChI is InChI=1S/C17H21F3N6O/c1-11-9-13(17(18,19)20)25-14(24-11)4-5-23-16(27)26-8-2-3-12(10-26)15-21-6-7-22-15/h6-7,9,12H,2-5,8,10H2,1H3,(H,21,22)(H,23,27)/t12-/m1/s1. The van der Waals surface area contributed by atoms with Crippen molar-refractivity contribution >= 4 is 6.03 Å². The van der Waals surface area contributed by atoms with Crippen molar-refractivity contribution in [1.29, 1.82) is 0 Å². The molecule has 2 aromatic rings. The highest BCUT2D eigenvalue weighted by molar-refractivity contribution is 5.74. The number of halogens is 3. The van der Waals surface area contributed by atoms with Gasteiger partial charge in [0.25, 0.3) is 0 Å². The summed E-state index contributed by atoms with van der Waals surface area (Å²) in [6.07, 6.45) is 0.881. The number of carbonyl (C=O) groups is 1. The number of urea groups is 1. The summed E-state index contributed by atoms with van der Waals surface area (Å²) in [6.45, 7) is 2.85. The van der Waals surface area contributed by atoms with Crippen LogP contribution in [-0.2, 0) is 12.6 Å². The molecule has 0 aromatic carbocycles. The zero-order chi connectivity index (χ0) is 19.4. The molecule has 1 aliphatic heterocycles. The zero-order valence-corrected chi connectivity index (χ0v) is 14.9. The minimum absolute atomic E-state index is 0.0646. The highest BCUT2D eigenvalue weighted by atomic mass is 19.4. The van der Waals surface area contributed by atoms with Crippen molar-refractivity contribution in [3.63, 3.8) is 0 Å². The van der Waals surface area contributed by atoms with Crippen LogP contribution < -0.4 is 5.32 Å². The van der Waals surface area contributed by atoms with Crippen LogP contribution in [0.2, 0.25) is 0 Å². The minimum atomic E-state index is -4.51. The van der Waals surface area contributed by atoms with E-state index in [-0.39, 0.29) is 36.4 Å². The molecule has 2 amide bonds. The summed E-state index contributed by atoms with van der Waals surface area (Å²) in [5.41, 5.74) is -0.718. The maximum atomic E-state index is 12.8. The average molecular weight is 382 g/mol. The summed E-state index contributed by atoms with van der Waals surface area (Å²) in [5, 5.41) is 2.74. The third-order valence-electron chi connectivity index (χ3n) is 4.43. The van der Waals surface area contributed by atoms with Gasteiger partial charge in [-0.05, 0) is 25.8 Å². The Balaban J connectivity index is 1.53. The van der Waals surface area contributed by atoms with Gasteiger partial charge in [-0.2, -0.15) is 13.2 Å². The molecule has 2 aromatic heterocycles. The number of nitrogens with one attached hydrogen (secondary N) is 2. The quantitative estimate of drug-likeness (QED) is 0.851. The Bertz CT molecular complexity index is 777. The van der Waals surface area contributed by atoms with E-state index in [1.807, 2.05) is 0 Å². The van der Waals surface area contributed by atoms with E-state index in [0.29, 0.717) is 13.1 Å². The zero-order valence-electron chi connectivity index (χ0n) is 14.9. The number of nitrogens with zero attached hydrogens (tertiary/aromatic N) is 4. The number of alkyl halides is 3. The number of rotatable bonds is 4. The molecule has 0 spiro atoms. The summed E-state index contributed by atoms with van der Waals surface area (Å²) in [4.78, 5) is 28.9. The van der Waals surface area contributed by atoms with Gasteiger partial charge in [0.15, 0.2) is 0 Å². The third-order valence-corrected chi connectivity index (χ3v) is 4.43. The summed E-state index contributed by atoms with van der Waals surface area (Å²) in [6, 6.07) is 0.667. The number of piperidine rings is 1. The Kier molecular flexibility index (Phi) is 5.62. The van der Waals surface area contributed by atoms with Gasteiger partial charge in [0.05, 0.1) is 0 Å². The second kappa shape index (κ2) is 7.93. The van der Waals surface area contributed by atoms with Gasteiger partial charge >= 0.3 is 12.2 Å². The van der Waals surface area contributed by atoms with Crippen LogP contribution in [0.25, 0.3) is 0 Å². The van der Waals surface area contributed by atoms with Crippen LogP contribution in [0.3, 0.4) is 0 Å². The minimum Gasteiger partial charge on any atom is -0.348 e. The molecular weight excluding hydrogens is 361 g/mol. The molecule has 0 bridgehead atoms. The van der Waals surface area contributed by atoms with Crippen LogP contribution in [0.4, 0.5) is 18.0 Å². The first-order valence-electron chi connectivity index (χ1n) is 8.77. The van der Waals surface area contributed by atoms with Crippen LogP contribution in [0.15, 0.2) is 18.5 Å². The molecule has 0 saturated carbocycles. The van der Waals surface area contributed by atoms with E-state index in [4.69, 9.17) is 0 Å². The Hall–Kier alpha value is -2.65. The van der Waals surface area contributed by atoms with Gasteiger partial charge in [0.1, 0.15) is 17.3 Å². The maximum Gasteiger partial charge on any atom is 0.433 e. The molecule has 1 fully saturated rings. The van der Waals surface area contributed by atoms with Crippen LogP contribution >= 0.6 is 0 Å². The van der Waals surface area contributed by atoms with E-state index in [0.717, 1.165) is 24.7 Å². The van der Waals surface area contributed by atoms with Crippen molar-refractivity contribution < 1.29 is 18.0 Å². The Labute approximate surface area is 154 Å². The third kappa shape index (κ3) is 4.95. The van der Waals surface area contributed by atoms with Crippen LogP contribution in [0, 0.1) is 6.92 Å². The molecule has 3 rings (SSSR count). The number of likely N-dealkylation sites (tertiary alicyclic amines) is 1. The number of hydrogen-bond donors (Lipinski definition) is 2. The summed E-state index contributed by atoms with van der Waals surface area (Å²) in [5.74, 6) is 1.09. The van der Waals surface area contributed by atoms with Gasteiger partial charge in [0.2, 0.25) is 0 Å². The molecule has 3 heterocycles. The number of aryl methyl sites for hydroxylation is 1. The highest BCUT2D eigenvalue weighted by Crippen LogP contribution is 2.28. The molecule has 10 heteroatoms. The average Bonchev–Trinajstić information content (AvgIpc) is 3.15. The van der Waals surface area contributed by atoms with Crippen molar-refractivity contribution in [2.75, 3.05) is 19.6 Å². The van der Waals surface area contributed by atoms with Crippen LogP contribution in [0.5, 0.6) is 0 Å². The monoisotopic (exact) mass is 382 g/mol. The predicted octanol–water partition coefficient (Wildman–Crippen LogP) is 2.66. The van der Waals surface area contributed by atoms with Crippen LogP contribution in [-0.4, -0.2) is 50.5 Å². The van der Waals surface area contributed by atoms with E-state index in [1.165, 1.54) is 6.92 Å². The Morgan fingerprint density at radius 3 is 2.93 bits per heavy atom. The van der Waals surface area contributed by atoms with E-state index < -0.39 is 11.9 Å². The first-order valence-corrected chi connectivity index (χ1v) is 8.77. The lowest BCUT2D eigenvalue weighted by Gasteiger charge is -2.31. The number of aromatic amines is 1. The fourth-order valence-electron chi connectivity index (χ4n) is 3.17. The van der Waals surface area contributed by atoms with Gasteiger partial charge in [-0.25, -0.2) is 19.7 Å². The molecule has 7 nitrogen and oxygen atoms in total. The summed E-state index contributed by atoms with van der Waals surface area (Å²) >= 11 is 0. The summed E-state index contributed by atoms with van der Waals surface area (Å²) < 4.78 is 38.5. The Morgan fingerprint density at radius 2 is 2.22 bits per heavy atom. The van der Waals surface area contributed by atoms with Crippen molar-refractivity contribution in [3.05, 3.63) is 41.5 Å². The van der Waals surface area contributed by atoms with E-state index in [2.05, 4.69) is 25.3 Å². The number of imidazole rings is 1. The molecule has 1 aliphatic rings.